The van der Waals surface area contributed by atoms with Gasteiger partial charge in [-0.3, -0.25) is 4.79 Å². The Labute approximate surface area is 170 Å². The predicted molar refractivity (Wildman–Crippen MR) is 114 cm³/mol. The van der Waals surface area contributed by atoms with Crippen LogP contribution in [0, 0.1) is 13.8 Å². The van der Waals surface area contributed by atoms with Crippen LogP contribution in [0.3, 0.4) is 0 Å². The second-order valence-corrected chi connectivity index (χ2v) is 8.60. The number of nitrogens with zero attached hydrogens (tertiary/aromatic N) is 3. The third-order valence-corrected chi connectivity index (χ3v) is 6.86. The molecule has 8 heteroatoms. The molecule has 0 fully saturated rings. The number of hydrogen-bond donors (Lipinski definition) is 1. The van der Waals surface area contributed by atoms with E-state index in [1.54, 1.807) is 44.2 Å². The van der Waals surface area contributed by atoms with Gasteiger partial charge >= 0.3 is 0 Å². The highest BCUT2D eigenvalue weighted by molar-refractivity contribution is 7.89. The van der Waals surface area contributed by atoms with E-state index in [9.17, 15) is 13.2 Å². The Balaban J connectivity index is 1.81. The van der Waals surface area contributed by atoms with Crippen LogP contribution in [0.2, 0.25) is 0 Å². The topological polar surface area (TPSA) is 92.3 Å². The first-order valence-electron chi connectivity index (χ1n) is 9.42. The second kappa shape index (κ2) is 8.26. The van der Waals surface area contributed by atoms with E-state index in [1.807, 2.05) is 13.8 Å². The fourth-order valence-electron chi connectivity index (χ4n) is 3.00. The minimum atomic E-state index is -3.53. The number of carbonyl (C=O) groups excluding carboxylic acids is 1. The molecule has 2 aromatic carbocycles. The largest absolute Gasteiger partial charge is 0.322 e. The van der Waals surface area contributed by atoms with Crippen LogP contribution in [0.4, 0.5) is 5.69 Å². The van der Waals surface area contributed by atoms with Crippen molar-refractivity contribution < 1.29 is 13.2 Å². The number of aryl methyl sites for hydroxylation is 2. The SMILES string of the molecule is CCN(CC)S(=O)(=O)c1ccc(NC(=O)c2ccc3nc(C)c(C)nc3c2)cc1. The Kier molecular flexibility index (Phi) is 5.95. The van der Waals surface area contributed by atoms with E-state index < -0.39 is 10.0 Å². The molecule has 1 heterocycles. The molecule has 1 amide bonds. The van der Waals surface area contributed by atoms with Gasteiger partial charge in [-0.25, -0.2) is 18.4 Å². The molecular weight excluding hydrogens is 388 g/mol. The maximum atomic E-state index is 12.6. The van der Waals surface area contributed by atoms with E-state index in [4.69, 9.17) is 0 Å². The number of hydrogen-bond acceptors (Lipinski definition) is 5. The van der Waals surface area contributed by atoms with Crippen molar-refractivity contribution in [3.63, 3.8) is 0 Å². The molecule has 3 rings (SSSR count). The fourth-order valence-corrected chi connectivity index (χ4v) is 4.46. The zero-order valence-electron chi connectivity index (χ0n) is 16.9. The summed E-state index contributed by atoms with van der Waals surface area (Å²) in [5.41, 5.74) is 4.03. The Morgan fingerprint density at radius 3 is 2.10 bits per heavy atom. The van der Waals surface area contributed by atoms with Crippen molar-refractivity contribution in [3.8, 4) is 0 Å². The summed E-state index contributed by atoms with van der Waals surface area (Å²) in [5.74, 6) is -0.300. The first-order valence-corrected chi connectivity index (χ1v) is 10.9. The molecule has 3 aromatic rings. The number of anilines is 1. The smallest absolute Gasteiger partial charge is 0.255 e. The van der Waals surface area contributed by atoms with Crippen molar-refractivity contribution in [2.75, 3.05) is 18.4 Å². The standard InChI is InChI=1S/C21H24N4O3S/c1-5-25(6-2)29(27,28)18-10-8-17(9-11-18)24-21(26)16-7-12-19-20(13-16)23-15(4)14(3)22-19/h7-13H,5-6H2,1-4H3,(H,24,26). The highest BCUT2D eigenvalue weighted by Crippen LogP contribution is 2.20. The van der Waals surface area contributed by atoms with Gasteiger partial charge in [0.15, 0.2) is 0 Å². The van der Waals surface area contributed by atoms with Crippen LogP contribution in [0.5, 0.6) is 0 Å². The number of fused-ring (bicyclic) bond motifs is 1. The quantitative estimate of drug-likeness (QED) is 0.669. The number of rotatable bonds is 6. The number of benzene rings is 2. The van der Waals surface area contributed by atoms with Gasteiger partial charge < -0.3 is 5.32 Å². The van der Waals surface area contributed by atoms with Gasteiger partial charge in [-0.1, -0.05) is 13.8 Å². The molecule has 0 aliphatic heterocycles. The van der Waals surface area contributed by atoms with Gasteiger partial charge in [-0.15, -0.1) is 0 Å². The molecule has 0 bridgehead atoms. The lowest BCUT2D eigenvalue weighted by atomic mass is 10.1. The molecule has 0 aliphatic carbocycles. The van der Waals surface area contributed by atoms with Crippen LogP contribution in [-0.4, -0.2) is 41.7 Å². The lowest BCUT2D eigenvalue weighted by molar-refractivity contribution is 0.102. The monoisotopic (exact) mass is 412 g/mol. The van der Waals surface area contributed by atoms with Gasteiger partial charge in [0.1, 0.15) is 0 Å². The molecule has 7 nitrogen and oxygen atoms in total. The Bertz CT molecular complexity index is 1150. The number of nitrogens with one attached hydrogen (secondary N) is 1. The number of carbonyl (C=O) groups is 1. The molecule has 1 aromatic heterocycles. The Morgan fingerprint density at radius 1 is 0.931 bits per heavy atom. The minimum absolute atomic E-state index is 0.200. The van der Waals surface area contributed by atoms with E-state index in [0.29, 0.717) is 29.9 Å². The van der Waals surface area contributed by atoms with Crippen LogP contribution < -0.4 is 5.32 Å². The van der Waals surface area contributed by atoms with Crippen molar-refractivity contribution in [1.82, 2.24) is 14.3 Å². The fraction of sp³-hybridized carbons (Fsp3) is 0.286. The van der Waals surface area contributed by atoms with Crippen LogP contribution in [0.15, 0.2) is 47.4 Å². The van der Waals surface area contributed by atoms with Crippen molar-refractivity contribution in [2.24, 2.45) is 0 Å². The zero-order valence-corrected chi connectivity index (χ0v) is 17.7. The van der Waals surface area contributed by atoms with Crippen LogP contribution in [-0.2, 0) is 10.0 Å². The molecule has 1 N–H and O–H groups in total. The maximum absolute atomic E-state index is 12.6. The average molecular weight is 413 g/mol. The molecule has 0 unspecified atom stereocenters. The van der Waals surface area contributed by atoms with Gasteiger partial charge in [0.2, 0.25) is 10.0 Å². The lowest BCUT2D eigenvalue weighted by Gasteiger charge is -2.18. The molecular formula is C21H24N4O3S. The highest BCUT2D eigenvalue weighted by atomic mass is 32.2. The van der Waals surface area contributed by atoms with Crippen LogP contribution in [0.25, 0.3) is 11.0 Å². The summed E-state index contributed by atoms with van der Waals surface area (Å²) in [5, 5.41) is 2.79. The highest BCUT2D eigenvalue weighted by Gasteiger charge is 2.21. The number of amides is 1. The first-order chi connectivity index (χ1) is 13.8. The average Bonchev–Trinajstić information content (AvgIpc) is 2.69. The zero-order chi connectivity index (χ0) is 21.2. The molecule has 29 heavy (non-hydrogen) atoms. The summed E-state index contributed by atoms with van der Waals surface area (Å²) in [7, 11) is -3.53. The Morgan fingerprint density at radius 2 is 1.52 bits per heavy atom. The van der Waals surface area contributed by atoms with E-state index in [-0.39, 0.29) is 10.8 Å². The minimum Gasteiger partial charge on any atom is -0.322 e. The molecule has 0 saturated heterocycles. The van der Waals surface area contributed by atoms with Crippen molar-refractivity contribution in [2.45, 2.75) is 32.6 Å². The van der Waals surface area contributed by atoms with Crippen LogP contribution >= 0.6 is 0 Å². The van der Waals surface area contributed by atoms with Gasteiger partial charge in [0, 0.05) is 24.3 Å². The van der Waals surface area contributed by atoms with Gasteiger partial charge in [-0.2, -0.15) is 4.31 Å². The maximum Gasteiger partial charge on any atom is 0.255 e. The number of sulfonamides is 1. The molecule has 0 spiro atoms. The molecule has 152 valence electrons. The number of aromatic nitrogens is 2. The summed E-state index contributed by atoms with van der Waals surface area (Å²) < 4.78 is 26.5. The summed E-state index contributed by atoms with van der Waals surface area (Å²) in [6.07, 6.45) is 0. The van der Waals surface area contributed by atoms with Gasteiger partial charge in [0.05, 0.1) is 27.3 Å². The first kappa shape index (κ1) is 20.9. The van der Waals surface area contributed by atoms with Crippen LogP contribution in [0.1, 0.15) is 35.6 Å². The van der Waals surface area contributed by atoms with E-state index in [1.165, 1.54) is 16.4 Å². The summed E-state index contributed by atoms with van der Waals surface area (Å²) in [6.45, 7) is 8.18. The van der Waals surface area contributed by atoms with E-state index >= 15 is 0 Å². The molecule has 0 atom stereocenters. The van der Waals surface area contributed by atoms with Gasteiger partial charge in [-0.05, 0) is 56.3 Å². The van der Waals surface area contributed by atoms with Crippen molar-refractivity contribution in [1.29, 1.82) is 0 Å². The second-order valence-electron chi connectivity index (χ2n) is 6.67. The molecule has 0 aliphatic rings. The van der Waals surface area contributed by atoms with Gasteiger partial charge in [0.25, 0.3) is 5.91 Å². The summed E-state index contributed by atoms with van der Waals surface area (Å²) in [4.78, 5) is 21.8. The van der Waals surface area contributed by atoms with E-state index in [0.717, 1.165) is 16.9 Å². The summed E-state index contributed by atoms with van der Waals surface area (Å²) in [6, 6.07) is 11.3. The molecule has 0 saturated carbocycles. The third kappa shape index (κ3) is 4.28. The molecule has 0 radical (unpaired) electrons. The van der Waals surface area contributed by atoms with Crippen molar-refractivity contribution in [3.05, 3.63) is 59.4 Å². The van der Waals surface area contributed by atoms with Crippen molar-refractivity contribution >= 4 is 32.7 Å². The lowest BCUT2D eigenvalue weighted by Crippen LogP contribution is -2.30. The Hall–Kier alpha value is -2.84. The normalized spacial score (nSPS) is 11.8. The van der Waals surface area contributed by atoms with E-state index in [2.05, 4.69) is 15.3 Å². The third-order valence-electron chi connectivity index (χ3n) is 4.79. The summed E-state index contributed by atoms with van der Waals surface area (Å²) >= 11 is 0. The predicted octanol–water partition coefficient (Wildman–Crippen LogP) is 3.53.